The van der Waals surface area contributed by atoms with Gasteiger partial charge in [-0.2, -0.15) is 0 Å². The SMILES string of the molecule is [CH2]C(CC)OCC1CC1. The van der Waals surface area contributed by atoms with Crippen LogP contribution >= 0.6 is 0 Å². The van der Waals surface area contributed by atoms with Crippen molar-refractivity contribution in [2.75, 3.05) is 6.61 Å². The van der Waals surface area contributed by atoms with Gasteiger partial charge in [-0.1, -0.05) is 6.92 Å². The molecule has 0 spiro atoms. The summed E-state index contributed by atoms with van der Waals surface area (Å²) in [4.78, 5) is 0. The number of hydrogen-bond donors (Lipinski definition) is 0. The molecule has 1 fully saturated rings. The van der Waals surface area contributed by atoms with Gasteiger partial charge in [0.2, 0.25) is 0 Å². The second-order valence-electron chi connectivity index (χ2n) is 2.81. The number of rotatable bonds is 4. The van der Waals surface area contributed by atoms with Crippen molar-refractivity contribution < 1.29 is 4.74 Å². The summed E-state index contributed by atoms with van der Waals surface area (Å²) in [7, 11) is 0. The maximum atomic E-state index is 5.40. The molecule has 0 heterocycles. The second kappa shape index (κ2) is 3.21. The molecule has 1 unspecified atom stereocenters. The van der Waals surface area contributed by atoms with Crippen LogP contribution in [0.5, 0.6) is 0 Å². The van der Waals surface area contributed by atoms with E-state index in [1.165, 1.54) is 12.8 Å². The molecule has 0 aromatic rings. The van der Waals surface area contributed by atoms with Crippen molar-refractivity contribution in [2.24, 2.45) is 5.92 Å². The van der Waals surface area contributed by atoms with Crippen molar-refractivity contribution in [2.45, 2.75) is 32.3 Å². The molecule has 0 bridgehead atoms. The van der Waals surface area contributed by atoms with Gasteiger partial charge in [-0.05, 0) is 32.1 Å². The van der Waals surface area contributed by atoms with Gasteiger partial charge in [0, 0.05) is 6.61 Å². The van der Waals surface area contributed by atoms with Crippen molar-refractivity contribution >= 4 is 0 Å². The summed E-state index contributed by atoms with van der Waals surface area (Å²) in [6.07, 6.45) is 4.00. The molecule has 0 aliphatic heterocycles. The van der Waals surface area contributed by atoms with Gasteiger partial charge in [0.25, 0.3) is 0 Å². The van der Waals surface area contributed by atoms with Crippen molar-refractivity contribution in [1.82, 2.24) is 0 Å². The summed E-state index contributed by atoms with van der Waals surface area (Å²) in [6, 6.07) is 0. The topological polar surface area (TPSA) is 9.23 Å². The Morgan fingerprint density at radius 3 is 2.78 bits per heavy atom. The van der Waals surface area contributed by atoms with Gasteiger partial charge in [-0.3, -0.25) is 0 Å². The summed E-state index contributed by atoms with van der Waals surface area (Å²) in [6.45, 7) is 6.88. The molecule has 0 aromatic carbocycles. The molecule has 0 N–H and O–H groups in total. The van der Waals surface area contributed by atoms with E-state index in [1.807, 2.05) is 0 Å². The molecule has 0 amide bonds. The molecule has 1 saturated carbocycles. The fraction of sp³-hybridized carbons (Fsp3) is 0.875. The lowest BCUT2D eigenvalue weighted by Crippen LogP contribution is -2.08. The molecule has 9 heavy (non-hydrogen) atoms. The minimum atomic E-state index is 0.227. The Bertz CT molecular complexity index is 76.6. The zero-order valence-corrected chi connectivity index (χ0v) is 6.10. The molecule has 1 atom stereocenters. The average molecular weight is 127 g/mol. The van der Waals surface area contributed by atoms with E-state index in [1.54, 1.807) is 0 Å². The number of ether oxygens (including phenoxy) is 1. The predicted molar refractivity (Wildman–Crippen MR) is 38.1 cm³/mol. The fourth-order valence-corrected chi connectivity index (χ4v) is 0.675. The Morgan fingerprint density at radius 2 is 2.33 bits per heavy atom. The molecular weight excluding hydrogens is 112 g/mol. The van der Waals surface area contributed by atoms with E-state index in [-0.39, 0.29) is 6.10 Å². The highest BCUT2D eigenvalue weighted by Crippen LogP contribution is 2.29. The van der Waals surface area contributed by atoms with E-state index >= 15 is 0 Å². The van der Waals surface area contributed by atoms with Gasteiger partial charge < -0.3 is 4.74 Å². The van der Waals surface area contributed by atoms with Crippen LogP contribution in [0, 0.1) is 12.8 Å². The van der Waals surface area contributed by atoms with Gasteiger partial charge in [-0.15, -0.1) is 0 Å². The molecule has 1 rings (SSSR count). The molecule has 1 aliphatic rings. The summed E-state index contributed by atoms with van der Waals surface area (Å²) in [5.41, 5.74) is 0. The Hall–Kier alpha value is -0.0400. The second-order valence-corrected chi connectivity index (χ2v) is 2.81. The maximum absolute atomic E-state index is 5.40. The van der Waals surface area contributed by atoms with E-state index in [2.05, 4.69) is 13.8 Å². The average Bonchev–Trinajstić information content (AvgIpc) is 2.65. The van der Waals surface area contributed by atoms with E-state index in [4.69, 9.17) is 4.74 Å². The van der Waals surface area contributed by atoms with Crippen molar-refractivity contribution in [1.29, 1.82) is 0 Å². The van der Waals surface area contributed by atoms with Crippen LogP contribution in [-0.2, 0) is 4.74 Å². The monoisotopic (exact) mass is 127 g/mol. The zero-order chi connectivity index (χ0) is 6.69. The minimum absolute atomic E-state index is 0.227. The van der Waals surface area contributed by atoms with Crippen LogP contribution in [0.25, 0.3) is 0 Å². The fourth-order valence-electron chi connectivity index (χ4n) is 0.675. The van der Waals surface area contributed by atoms with Crippen LogP contribution in [-0.4, -0.2) is 12.7 Å². The number of hydrogen-bond acceptors (Lipinski definition) is 1. The molecule has 1 aliphatic carbocycles. The Kier molecular flexibility index (Phi) is 2.52. The molecule has 0 aromatic heterocycles. The Morgan fingerprint density at radius 1 is 1.67 bits per heavy atom. The lowest BCUT2D eigenvalue weighted by atomic mass is 10.3. The molecule has 1 nitrogen and oxygen atoms in total. The van der Waals surface area contributed by atoms with Crippen molar-refractivity contribution in [3.8, 4) is 0 Å². The van der Waals surface area contributed by atoms with E-state index in [9.17, 15) is 0 Å². The first-order valence-electron chi connectivity index (χ1n) is 3.77. The van der Waals surface area contributed by atoms with Crippen LogP contribution in [0.4, 0.5) is 0 Å². The van der Waals surface area contributed by atoms with E-state index < -0.39 is 0 Å². The van der Waals surface area contributed by atoms with Crippen LogP contribution in [0.2, 0.25) is 0 Å². The molecule has 1 heteroatoms. The van der Waals surface area contributed by atoms with E-state index in [0.717, 1.165) is 18.9 Å². The van der Waals surface area contributed by atoms with Gasteiger partial charge in [0.15, 0.2) is 0 Å². The third-order valence-corrected chi connectivity index (χ3v) is 1.72. The molecule has 53 valence electrons. The van der Waals surface area contributed by atoms with E-state index in [0.29, 0.717) is 0 Å². The first-order valence-corrected chi connectivity index (χ1v) is 3.77. The highest BCUT2D eigenvalue weighted by molar-refractivity contribution is 4.73. The van der Waals surface area contributed by atoms with Crippen molar-refractivity contribution in [3.63, 3.8) is 0 Å². The lowest BCUT2D eigenvalue weighted by Gasteiger charge is -2.08. The molecular formula is C8H15O. The van der Waals surface area contributed by atoms with Crippen LogP contribution in [0.1, 0.15) is 26.2 Å². The first-order chi connectivity index (χ1) is 4.33. The van der Waals surface area contributed by atoms with Gasteiger partial charge >= 0.3 is 0 Å². The highest BCUT2D eigenvalue weighted by atomic mass is 16.5. The molecule has 0 saturated heterocycles. The van der Waals surface area contributed by atoms with Crippen LogP contribution in [0.15, 0.2) is 0 Å². The quantitative estimate of drug-likeness (QED) is 0.561. The maximum Gasteiger partial charge on any atom is 0.0573 e. The lowest BCUT2D eigenvalue weighted by molar-refractivity contribution is 0.0728. The third-order valence-electron chi connectivity index (χ3n) is 1.72. The van der Waals surface area contributed by atoms with Crippen LogP contribution in [0.3, 0.4) is 0 Å². The normalized spacial score (nSPS) is 22.0. The van der Waals surface area contributed by atoms with Crippen LogP contribution < -0.4 is 0 Å². The van der Waals surface area contributed by atoms with Gasteiger partial charge in [-0.25, -0.2) is 0 Å². The minimum Gasteiger partial charge on any atom is -0.378 e. The van der Waals surface area contributed by atoms with Gasteiger partial charge in [0.1, 0.15) is 0 Å². The predicted octanol–water partition coefficient (Wildman–Crippen LogP) is 2.03. The molecule has 1 radical (unpaired) electrons. The summed E-state index contributed by atoms with van der Waals surface area (Å²) in [5.74, 6) is 0.876. The Labute approximate surface area is 57.4 Å². The third kappa shape index (κ3) is 2.85. The smallest absolute Gasteiger partial charge is 0.0573 e. The summed E-state index contributed by atoms with van der Waals surface area (Å²) in [5, 5.41) is 0. The zero-order valence-electron chi connectivity index (χ0n) is 6.10. The van der Waals surface area contributed by atoms with Crippen molar-refractivity contribution in [3.05, 3.63) is 6.92 Å². The van der Waals surface area contributed by atoms with Gasteiger partial charge in [0.05, 0.1) is 6.10 Å². The Balaban J connectivity index is 1.90. The summed E-state index contributed by atoms with van der Waals surface area (Å²) < 4.78 is 5.40. The largest absolute Gasteiger partial charge is 0.378 e. The first kappa shape index (κ1) is 7.07. The summed E-state index contributed by atoms with van der Waals surface area (Å²) >= 11 is 0. The highest BCUT2D eigenvalue weighted by Gasteiger charge is 2.21. The standard InChI is InChI=1S/C8H15O/c1-3-7(2)9-6-8-4-5-8/h7-8H,2-6H2,1H3.